The van der Waals surface area contributed by atoms with Crippen molar-refractivity contribution in [3.8, 4) is 11.4 Å². The molecule has 0 spiro atoms. The lowest BCUT2D eigenvalue weighted by Gasteiger charge is -2.11. The Morgan fingerprint density at radius 3 is 2.71 bits per heavy atom. The van der Waals surface area contributed by atoms with Gasteiger partial charge in [-0.05, 0) is 25.5 Å². The summed E-state index contributed by atoms with van der Waals surface area (Å²) < 4.78 is 7.29. The van der Waals surface area contributed by atoms with Gasteiger partial charge in [-0.15, -0.1) is 0 Å². The Morgan fingerprint density at radius 1 is 1.29 bits per heavy atom. The maximum absolute atomic E-state index is 5.26. The van der Waals surface area contributed by atoms with Crippen LogP contribution in [0.5, 0.6) is 5.75 Å². The SMILES string of the molecule is CNc1nc(C)cn1-c1cc(OC)ccc1C. The smallest absolute Gasteiger partial charge is 0.207 e. The highest BCUT2D eigenvalue weighted by molar-refractivity contribution is 5.51. The highest BCUT2D eigenvalue weighted by atomic mass is 16.5. The van der Waals surface area contributed by atoms with Crippen molar-refractivity contribution in [2.45, 2.75) is 13.8 Å². The molecule has 1 N–H and O–H groups in total. The van der Waals surface area contributed by atoms with Crippen LogP contribution < -0.4 is 10.1 Å². The molecular weight excluding hydrogens is 214 g/mol. The van der Waals surface area contributed by atoms with Gasteiger partial charge in [0.05, 0.1) is 18.5 Å². The molecule has 90 valence electrons. The zero-order valence-corrected chi connectivity index (χ0v) is 10.6. The van der Waals surface area contributed by atoms with Crippen molar-refractivity contribution < 1.29 is 4.74 Å². The average molecular weight is 231 g/mol. The number of rotatable bonds is 3. The summed E-state index contributed by atoms with van der Waals surface area (Å²) in [5.41, 5.74) is 3.24. The fraction of sp³-hybridized carbons (Fsp3) is 0.308. The third kappa shape index (κ3) is 2.11. The number of hydrogen-bond donors (Lipinski definition) is 1. The third-order valence-corrected chi connectivity index (χ3v) is 2.73. The van der Waals surface area contributed by atoms with Crippen molar-refractivity contribution in [1.29, 1.82) is 0 Å². The first-order valence-corrected chi connectivity index (χ1v) is 5.54. The summed E-state index contributed by atoms with van der Waals surface area (Å²) in [6.45, 7) is 4.05. The van der Waals surface area contributed by atoms with E-state index in [1.807, 2.05) is 42.9 Å². The lowest BCUT2D eigenvalue weighted by atomic mass is 10.2. The van der Waals surface area contributed by atoms with E-state index < -0.39 is 0 Å². The van der Waals surface area contributed by atoms with Crippen LogP contribution in [0, 0.1) is 13.8 Å². The Labute approximate surface area is 101 Å². The molecule has 17 heavy (non-hydrogen) atoms. The fourth-order valence-electron chi connectivity index (χ4n) is 1.83. The average Bonchev–Trinajstić information content (AvgIpc) is 2.71. The number of nitrogens with zero attached hydrogens (tertiary/aromatic N) is 2. The van der Waals surface area contributed by atoms with E-state index in [0.29, 0.717) is 0 Å². The summed E-state index contributed by atoms with van der Waals surface area (Å²) in [7, 11) is 3.54. The number of aryl methyl sites for hydroxylation is 2. The first-order chi connectivity index (χ1) is 8.15. The second-order valence-corrected chi connectivity index (χ2v) is 3.98. The number of imidazole rings is 1. The minimum Gasteiger partial charge on any atom is -0.497 e. The Kier molecular flexibility index (Phi) is 3.04. The highest BCUT2D eigenvalue weighted by Crippen LogP contribution is 2.24. The van der Waals surface area contributed by atoms with Crippen LogP contribution in [0.4, 0.5) is 5.95 Å². The monoisotopic (exact) mass is 231 g/mol. The molecule has 4 nitrogen and oxygen atoms in total. The van der Waals surface area contributed by atoms with Crippen molar-refractivity contribution in [2.75, 3.05) is 19.5 Å². The van der Waals surface area contributed by atoms with E-state index in [4.69, 9.17) is 4.74 Å². The van der Waals surface area contributed by atoms with Crippen molar-refractivity contribution in [3.63, 3.8) is 0 Å². The number of ether oxygens (including phenoxy) is 1. The van der Waals surface area contributed by atoms with E-state index in [0.717, 1.165) is 23.1 Å². The quantitative estimate of drug-likeness (QED) is 0.882. The molecule has 1 aromatic heterocycles. The molecule has 0 aliphatic heterocycles. The number of anilines is 1. The van der Waals surface area contributed by atoms with Crippen molar-refractivity contribution in [3.05, 3.63) is 35.7 Å². The van der Waals surface area contributed by atoms with E-state index in [1.54, 1.807) is 7.11 Å². The highest BCUT2D eigenvalue weighted by Gasteiger charge is 2.09. The normalized spacial score (nSPS) is 10.4. The molecule has 2 rings (SSSR count). The van der Waals surface area contributed by atoms with Crippen LogP contribution in [0.15, 0.2) is 24.4 Å². The van der Waals surface area contributed by atoms with Gasteiger partial charge in [-0.1, -0.05) is 6.07 Å². The molecule has 1 aromatic carbocycles. The zero-order valence-electron chi connectivity index (χ0n) is 10.6. The topological polar surface area (TPSA) is 39.1 Å². The minimum absolute atomic E-state index is 0.832. The van der Waals surface area contributed by atoms with Crippen molar-refractivity contribution in [2.24, 2.45) is 0 Å². The van der Waals surface area contributed by atoms with Gasteiger partial charge in [-0.3, -0.25) is 4.57 Å². The van der Waals surface area contributed by atoms with Gasteiger partial charge in [0.2, 0.25) is 5.95 Å². The Balaban J connectivity index is 2.58. The first-order valence-electron chi connectivity index (χ1n) is 5.54. The third-order valence-electron chi connectivity index (χ3n) is 2.73. The van der Waals surface area contributed by atoms with E-state index in [2.05, 4.69) is 17.2 Å². The predicted octanol–water partition coefficient (Wildman–Crippen LogP) is 2.54. The molecule has 0 amide bonds. The molecule has 0 aliphatic rings. The maximum Gasteiger partial charge on any atom is 0.207 e. The van der Waals surface area contributed by atoms with Crippen LogP contribution in [0.3, 0.4) is 0 Å². The van der Waals surface area contributed by atoms with E-state index in [9.17, 15) is 0 Å². The zero-order chi connectivity index (χ0) is 12.4. The number of nitrogens with one attached hydrogen (secondary N) is 1. The standard InChI is InChI=1S/C13H17N3O/c1-9-5-6-11(17-4)7-12(9)16-8-10(2)15-13(16)14-3/h5-8H,1-4H3,(H,14,15). The predicted molar refractivity (Wildman–Crippen MR) is 69.1 cm³/mol. The molecule has 1 heterocycles. The van der Waals surface area contributed by atoms with Crippen LogP contribution in [-0.2, 0) is 0 Å². The number of benzene rings is 1. The molecule has 0 radical (unpaired) electrons. The molecule has 0 unspecified atom stereocenters. The van der Waals surface area contributed by atoms with Gasteiger partial charge in [0.25, 0.3) is 0 Å². The van der Waals surface area contributed by atoms with Gasteiger partial charge < -0.3 is 10.1 Å². The molecule has 0 fully saturated rings. The molecule has 2 aromatic rings. The van der Waals surface area contributed by atoms with Gasteiger partial charge >= 0.3 is 0 Å². The van der Waals surface area contributed by atoms with Crippen LogP contribution in [0.1, 0.15) is 11.3 Å². The summed E-state index contributed by atoms with van der Waals surface area (Å²) in [6, 6.07) is 6.02. The van der Waals surface area contributed by atoms with E-state index in [1.165, 1.54) is 5.56 Å². The lowest BCUT2D eigenvalue weighted by molar-refractivity contribution is 0.414. The summed E-state index contributed by atoms with van der Waals surface area (Å²) in [4.78, 5) is 4.41. The molecular formula is C13H17N3O. The van der Waals surface area contributed by atoms with Crippen LogP contribution >= 0.6 is 0 Å². The lowest BCUT2D eigenvalue weighted by Crippen LogP contribution is -2.02. The maximum atomic E-state index is 5.26. The van der Waals surface area contributed by atoms with E-state index in [-0.39, 0.29) is 0 Å². The van der Waals surface area contributed by atoms with Crippen molar-refractivity contribution in [1.82, 2.24) is 9.55 Å². The van der Waals surface area contributed by atoms with Crippen LogP contribution in [0.25, 0.3) is 5.69 Å². The molecule has 4 heteroatoms. The second kappa shape index (κ2) is 4.49. The largest absolute Gasteiger partial charge is 0.497 e. The molecule has 0 atom stereocenters. The van der Waals surface area contributed by atoms with Gasteiger partial charge in [0.15, 0.2) is 0 Å². The first kappa shape index (κ1) is 11.5. The fourth-order valence-corrected chi connectivity index (χ4v) is 1.83. The number of hydrogen-bond acceptors (Lipinski definition) is 3. The number of methoxy groups -OCH3 is 1. The van der Waals surface area contributed by atoms with Crippen molar-refractivity contribution >= 4 is 5.95 Å². The molecule has 0 saturated carbocycles. The van der Waals surface area contributed by atoms with Crippen LogP contribution in [0.2, 0.25) is 0 Å². The Bertz CT molecular complexity index is 531. The second-order valence-electron chi connectivity index (χ2n) is 3.98. The van der Waals surface area contributed by atoms with Crippen LogP contribution in [-0.4, -0.2) is 23.7 Å². The van der Waals surface area contributed by atoms with E-state index >= 15 is 0 Å². The molecule has 0 saturated heterocycles. The summed E-state index contributed by atoms with van der Waals surface area (Å²) in [6.07, 6.45) is 2.01. The Hall–Kier alpha value is -1.97. The Morgan fingerprint density at radius 2 is 2.06 bits per heavy atom. The van der Waals surface area contributed by atoms with Gasteiger partial charge in [0.1, 0.15) is 5.75 Å². The van der Waals surface area contributed by atoms with Gasteiger partial charge in [-0.2, -0.15) is 0 Å². The molecule has 0 bridgehead atoms. The summed E-state index contributed by atoms with van der Waals surface area (Å²) in [5.74, 6) is 1.68. The van der Waals surface area contributed by atoms with Gasteiger partial charge in [-0.25, -0.2) is 4.98 Å². The summed E-state index contributed by atoms with van der Waals surface area (Å²) in [5, 5.41) is 3.09. The summed E-state index contributed by atoms with van der Waals surface area (Å²) >= 11 is 0. The number of aromatic nitrogens is 2. The van der Waals surface area contributed by atoms with Gasteiger partial charge in [0, 0.05) is 19.3 Å². The minimum atomic E-state index is 0.832. The molecule has 0 aliphatic carbocycles.